The van der Waals surface area contributed by atoms with E-state index in [4.69, 9.17) is 12.2 Å². The van der Waals surface area contributed by atoms with Gasteiger partial charge in [-0.25, -0.2) is 8.78 Å². The van der Waals surface area contributed by atoms with Crippen molar-refractivity contribution in [2.45, 2.75) is 45.2 Å². The van der Waals surface area contributed by atoms with E-state index in [2.05, 4.69) is 10.3 Å². The van der Waals surface area contributed by atoms with Gasteiger partial charge in [-0.05, 0) is 61.8 Å². The highest BCUT2D eigenvalue weighted by Crippen LogP contribution is 2.16. The molecule has 0 aliphatic rings. The van der Waals surface area contributed by atoms with E-state index >= 15 is 0 Å². The highest BCUT2D eigenvalue weighted by atomic mass is 32.1. The Bertz CT molecular complexity index is 1170. The first-order valence-corrected chi connectivity index (χ1v) is 10.2. The van der Waals surface area contributed by atoms with Gasteiger partial charge in [0.15, 0.2) is 16.4 Å². The van der Waals surface area contributed by atoms with Crippen LogP contribution in [0.3, 0.4) is 0 Å². The Balaban J connectivity index is 1.47. The molecule has 8 heteroatoms. The zero-order valence-electron chi connectivity index (χ0n) is 16.6. The summed E-state index contributed by atoms with van der Waals surface area (Å²) in [6.07, 6.45) is 2.42. The predicted molar refractivity (Wildman–Crippen MR) is 115 cm³/mol. The van der Waals surface area contributed by atoms with Crippen LogP contribution in [0, 0.1) is 16.4 Å². The van der Waals surface area contributed by atoms with E-state index in [0.717, 1.165) is 24.1 Å². The van der Waals surface area contributed by atoms with Crippen LogP contribution in [0.5, 0.6) is 0 Å². The lowest BCUT2D eigenvalue weighted by molar-refractivity contribution is -0.121. The highest BCUT2D eigenvalue weighted by Gasteiger charge is 2.12. The minimum atomic E-state index is -0.934. The molecular formula is C22H23F2N3O2S. The molecule has 0 aliphatic carbocycles. The summed E-state index contributed by atoms with van der Waals surface area (Å²) in [5, 5.41) is 3.38. The lowest BCUT2D eigenvalue weighted by Gasteiger charge is -2.14. The van der Waals surface area contributed by atoms with Crippen molar-refractivity contribution >= 4 is 29.0 Å². The first-order valence-electron chi connectivity index (χ1n) is 9.83. The van der Waals surface area contributed by atoms with Gasteiger partial charge in [0.05, 0.1) is 16.9 Å². The van der Waals surface area contributed by atoms with Crippen LogP contribution in [-0.2, 0) is 11.3 Å². The maximum Gasteiger partial charge on any atom is 0.262 e. The van der Waals surface area contributed by atoms with Crippen LogP contribution in [-0.4, -0.2) is 15.5 Å². The SMILES string of the molecule is CC(NC(=O)CCCCCn1c(=S)[nH]c2ccccc2c1=O)c1ccc(F)c(F)c1. The smallest absolute Gasteiger partial charge is 0.262 e. The molecule has 2 N–H and O–H groups in total. The van der Waals surface area contributed by atoms with E-state index in [9.17, 15) is 18.4 Å². The third kappa shape index (κ3) is 5.18. The molecule has 3 rings (SSSR count). The number of amides is 1. The van der Waals surface area contributed by atoms with Gasteiger partial charge in [0.2, 0.25) is 5.91 Å². The molecule has 1 amide bonds. The Morgan fingerprint density at radius 3 is 2.67 bits per heavy atom. The second-order valence-corrected chi connectivity index (χ2v) is 7.59. The number of nitrogens with one attached hydrogen (secondary N) is 2. The summed E-state index contributed by atoms with van der Waals surface area (Å²) in [5.74, 6) is -2.01. The van der Waals surface area contributed by atoms with Crippen LogP contribution < -0.4 is 10.9 Å². The number of hydrogen-bond acceptors (Lipinski definition) is 3. The molecule has 1 aromatic heterocycles. The molecule has 0 saturated heterocycles. The lowest BCUT2D eigenvalue weighted by Crippen LogP contribution is -2.26. The first-order chi connectivity index (χ1) is 14.4. The molecule has 0 bridgehead atoms. The van der Waals surface area contributed by atoms with E-state index < -0.39 is 17.7 Å². The number of fused-ring (bicyclic) bond motifs is 1. The number of aromatic amines is 1. The number of carbonyl (C=O) groups excluding carboxylic acids is 1. The van der Waals surface area contributed by atoms with Crippen molar-refractivity contribution in [3.8, 4) is 0 Å². The van der Waals surface area contributed by atoms with Gasteiger partial charge in [0.1, 0.15) is 0 Å². The first kappa shape index (κ1) is 21.8. The van der Waals surface area contributed by atoms with Gasteiger partial charge in [0.25, 0.3) is 5.56 Å². The monoisotopic (exact) mass is 431 g/mol. The molecule has 0 radical (unpaired) electrons. The summed E-state index contributed by atoms with van der Waals surface area (Å²) in [5.41, 5.74) is 1.11. The Kier molecular flexibility index (Phi) is 7.10. The Hall–Kier alpha value is -2.87. The van der Waals surface area contributed by atoms with Crippen molar-refractivity contribution in [3.63, 3.8) is 0 Å². The number of nitrogens with zero attached hydrogens (tertiary/aromatic N) is 1. The molecule has 158 valence electrons. The maximum absolute atomic E-state index is 13.3. The Morgan fingerprint density at radius 2 is 1.90 bits per heavy atom. The summed E-state index contributed by atoms with van der Waals surface area (Å²) >= 11 is 5.29. The number of para-hydroxylation sites is 1. The van der Waals surface area contributed by atoms with E-state index in [-0.39, 0.29) is 11.5 Å². The van der Waals surface area contributed by atoms with Crippen molar-refractivity contribution in [2.75, 3.05) is 0 Å². The molecule has 0 aliphatic heterocycles. The molecule has 1 heterocycles. The molecular weight excluding hydrogens is 408 g/mol. The molecule has 0 spiro atoms. The second kappa shape index (κ2) is 9.75. The maximum atomic E-state index is 13.3. The Morgan fingerprint density at radius 1 is 1.13 bits per heavy atom. The number of halogens is 2. The third-order valence-electron chi connectivity index (χ3n) is 5.00. The fourth-order valence-corrected chi connectivity index (χ4v) is 3.60. The zero-order valence-corrected chi connectivity index (χ0v) is 17.4. The van der Waals surface area contributed by atoms with Gasteiger partial charge in [0, 0.05) is 13.0 Å². The minimum absolute atomic E-state index is 0.118. The van der Waals surface area contributed by atoms with Crippen LogP contribution in [0.15, 0.2) is 47.3 Å². The van der Waals surface area contributed by atoms with E-state index in [1.807, 2.05) is 18.2 Å². The lowest BCUT2D eigenvalue weighted by atomic mass is 10.1. The van der Waals surface area contributed by atoms with Crippen LogP contribution in [0.1, 0.15) is 44.2 Å². The van der Waals surface area contributed by atoms with Gasteiger partial charge in [-0.15, -0.1) is 0 Å². The van der Waals surface area contributed by atoms with Gasteiger partial charge in [-0.1, -0.05) is 24.6 Å². The predicted octanol–water partition coefficient (Wildman–Crippen LogP) is 4.78. The topological polar surface area (TPSA) is 66.9 Å². The van der Waals surface area contributed by atoms with Crippen molar-refractivity contribution in [1.82, 2.24) is 14.9 Å². The third-order valence-corrected chi connectivity index (χ3v) is 5.32. The average Bonchev–Trinajstić information content (AvgIpc) is 2.71. The van der Waals surface area contributed by atoms with Crippen molar-refractivity contribution < 1.29 is 13.6 Å². The van der Waals surface area contributed by atoms with Crippen molar-refractivity contribution in [1.29, 1.82) is 0 Å². The van der Waals surface area contributed by atoms with Crippen LogP contribution in [0.25, 0.3) is 10.9 Å². The van der Waals surface area contributed by atoms with Crippen molar-refractivity contribution in [3.05, 3.63) is 74.8 Å². The van der Waals surface area contributed by atoms with Crippen molar-refractivity contribution in [2.24, 2.45) is 0 Å². The van der Waals surface area contributed by atoms with E-state index in [1.165, 1.54) is 6.07 Å². The number of hydrogen-bond donors (Lipinski definition) is 2. The molecule has 3 aromatic rings. The summed E-state index contributed by atoms with van der Waals surface area (Å²) < 4.78 is 28.3. The summed E-state index contributed by atoms with van der Waals surface area (Å²) in [4.78, 5) is 27.8. The number of benzene rings is 2. The van der Waals surface area contributed by atoms with Gasteiger partial charge in [-0.3, -0.25) is 14.2 Å². The normalized spacial score (nSPS) is 12.1. The van der Waals surface area contributed by atoms with E-state index in [0.29, 0.717) is 41.5 Å². The zero-order chi connectivity index (χ0) is 21.7. The molecule has 0 fully saturated rings. The van der Waals surface area contributed by atoms with Crippen LogP contribution >= 0.6 is 12.2 Å². The summed E-state index contributed by atoms with van der Waals surface area (Å²) in [6, 6.07) is 10.4. The molecule has 1 atom stereocenters. The van der Waals surface area contributed by atoms with Crippen LogP contribution in [0.4, 0.5) is 8.78 Å². The molecule has 30 heavy (non-hydrogen) atoms. The van der Waals surface area contributed by atoms with Gasteiger partial charge in [-0.2, -0.15) is 0 Å². The van der Waals surface area contributed by atoms with Gasteiger partial charge >= 0.3 is 0 Å². The standard InChI is InChI=1S/C22H23F2N3O2S/c1-14(15-10-11-17(23)18(24)13-15)25-20(28)9-3-2-6-12-27-21(29)16-7-4-5-8-19(16)26-22(27)30/h4-5,7-8,10-11,13-14H,2-3,6,9,12H2,1H3,(H,25,28)(H,26,30). The fraction of sp³-hybridized carbons (Fsp3) is 0.318. The number of aromatic nitrogens is 2. The quantitative estimate of drug-likeness (QED) is 0.399. The highest BCUT2D eigenvalue weighted by molar-refractivity contribution is 7.71. The largest absolute Gasteiger partial charge is 0.350 e. The molecule has 2 aromatic carbocycles. The van der Waals surface area contributed by atoms with E-state index in [1.54, 1.807) is 17.6 Å². The fourth-order valence-electron chi connectivity index (χ4n) is 3.31. The Labute approximate surface area is 177 Å². The number of carbonyl (C=O) groups is 1. The summed E-state index contributed by atoms with van der Waals surface area (Å²) in [6.45, 7) is 2.20. The minimum Gasteiger partial charge on any atom is -0.350 e. The number of unbranched alkanes of at least 4 members (excludes halogenated alkanes) is 2. The average molecular weight is 432 g/mol. The summed E-state index contributed by atoms with van der Waals surface area (Å²) in [7, 11) is 0. The second-order valence-electron chi connectivity index (χ2n) is 7.21. The number of H-pyrrole nitrogens is 1. The molecule has 5 nitrogen and oxygen atoms in total. The molecule has 0 saturated carbocycles. The van der Waals surface area contributed by atoms with Gasteiger partial charge < -0.3 is 10.3 Å². The number of rotatable bonds is 8. The molecule has 1 unspecified atom stereocenters. The van der Waals surface area contributed by atoms with Crippen LogP contribution in [0.2, 0.25) is 0 Å².